The van der Waals surface area contributed by atoms with Gasteiger partial charge in [0.2, 0.25) is 5.95 Å². The van der Waals surface area contributed by atoms with Gasteiger partial charge in [-0.2, -0.15) is 4.98 Å². The molecule has 1 heterocycles. The van der Waals surface area contributed by atoms with Crippen molar-refractivity contribution < 1.29 is 9.84 Å². The zero-order chi connectivity index (χ0) is 22.7. The maximum Gasteiger partial charge on any atom is 0.225 e. The normalized spacial score (nSPS) is 20.5. The van der Waals surface area contributed by atoms with Crippen molar-refractivity contribution in [2.75, 3.05) is 31.4 Å². The Morgan fingerprint density at radius 3 is 2.53 bits per heavy atom. The van der Waals surface area contributed by atoms with Crippen LogP contribution in [0.3, 0.4) is 0 Å². The van der Waals surface area contributed by atoms with Crippen LogP contribution in [-0.4, -0.2) is 48.4 Å². The lowest BCUT2D eigenvalue weighted by molar-refractivity contribution is 0.344. The summed E-state index contributed by atoms with van der Waals surface area (Å²) in [6.45, 7) is 0.616. The molecule has 2 aromatic rings. The number of benzene rings is 1. The standard InChI is InChI=1S/C24H34BrN5O2/c1-30(2)23-19-6-4-5-7-20(19)28-24(29-23)27-18-10-8-17(9-11-18)26-14-15-12-16(25)13-21(32-3)22(15)31/h12-13,17-18,26,31H,4-11,14H2,1-3H3,(H,27,28,29)/t17-,18+. The number of anilines is 2. The van der Waals surface area contributed by atoms with E-state index in [9.17, 15) is 5.11 Å². The van der Waals surface area contributed by atoms with Crippen molar-refractivity contribution in [3.63, 3.8) is 0 Å². The first kappa shape index (κ1) is 23.1. The zero-order valence-electron chi connectivity index (χ0n) is 19.2. The highest BCUT2D eigenvalue weighted by Gasteiger charge is 2.24. The summed E-state index contributed by atoms with van der Waals surface area (Å²) < 4.78 is 6.16. The Kier molecular flexibility index (Phi) is 7.40. The summed E-state index contributed by atoms with van der Waals surface area (Å²) in [4.78, 5) is 11.8. The Labute approximate surface area is 199 Å². The molecule has 1 saturated carbocycles. The molecular weight excluding hydrogens is 470 g/mol. The maximum atomic E-state index is 10.4. The smallest absolute Gasteiger partial charge is 0.225 e. The lowest BCUT2D eigenvalue weighted by atomic mass is 9.91. The molecular formula is C24H34BrN5O2. The Hall–Kier alpha value is -2.06. The van der Waals surface area contributed by atoms with Gasteiger partial charge in [0.05, 0.1) is 12.8 Å². The molecule has 1 aromatic heterocycles. The molecule has 0 bridgehead atoms. The molecule has 4 rings (SSSR count). The second-order valence-electron chi connectivity index (χ2n) is 9.09. The van der Waals surface area contributed by atoms with Gasteiger partial charge in [0, 0.05) is 48.3 Å². The minimum atomic E-state index is 0.208. The lowest BCUT2D eigenvalue weighted by Crippen LogP contribution is -2.37. The number of hydrogen-bond donors (Lipinski definition) is 3. The summed E-state index contributed by atoms with van der Waals surface area (Å²) in [5.74, 6) is 2.54. The van der Waals surface area contributed by atoms with Crippen molar-refractivity contribution in [2.45, 2.75) is 70.0 Å². The highest BCUT2D eigenvalue weighted by molar-refractivity contribution is 9.10. The third-order valence-corrected chi connectivity index (χ3v) is 7.02. The van der Waals surface area contributed by atoms with Crippen molar-refractivity contribution in [3.05, 3.63) is 33.4 Å². The maximum absolute atomic E-state index is 10.4. The largest absolute Gasteiger partial charge is 0.504 e. The highest BCUT2D eigenvalue weighted by Crippen LogP contribution is 2.34. The van der Waals surface area contributed by atoms with Crippen LogP contribution in [0.25, 0.3) is 0 Å². The molecule has 1 fully saturated rings. The van der Waals surface area contributed by atoms with Gasteiger partial charge in [-0.25, -0.2) is 4.98 Å². The fraction of sp³-hybridized carbons (Fsp3) is 0.583. The van der Waals surface area contributed by atoms with Crippen LogP contribution in [0.1, 0.15) is 55.3 Å². The van der Waals surface area contributed by atoms with Crippen molar-refractivity contribution in [2.24, 2.45) is 0 Å². The van der Waals surface area contributed by atoms with E-state index in [0.717, 1.165) is 60.3 Å². The van der Waals surface area contributed by atoms with Gasteiger partial charge in [-0.3, -0.25) is 0 Å². The summed E-state index contributed by atoms with van der Waals surface area (Å²) in [7, 11) is 5.70. The molecule has 0 spiro atoms. The SMILES string of the molecule is COc1cc(Br)cc(CN[C@H]2CC[C@@H](Nc3nc4c(c(N(C)C)n3)CCCC4)CC2)c1O. The second-order valence-corrected chi connectivity index (χ2v) is 10.0. The van der Waals surface area contributed by atoms with Crippen molar-refractivity contribution in [1.82, 2.24) is 15.3 Å². The van der Waals surface area contributed by atoms with Gasteiger partial charge in [0.1, 0.15) is 5.82 Å². The van der Waals surface area contributed by atoms with Crippen molar-refractivity contribution in [3.8, 4) is 11.5 Å². The molecule has 0 atom stereocenters. The predicted octanol–water partition coefficient (Wildman–Crippen LogP) is 4.41. The van der Waals surface area contributed by atoms with E-state index >= 15 is 0 Å². The lowest BCUT2D eigenvalue weighted by Gasteiger charge is -2.31. The van der Waals surface area contributed by atoms with Crippen LogP contribution in [0.5, 0.6) is 11.5 Å². The van der Waals surface area contributed by atoms with Crippen LogP contribution in [-0.2, 0) is 19.4 Å². The van der Waals surface area contributed by atoms with Crippen LogP contribution in [0.2, 0.25) is 0 Å². The average molecular weight is 504 g/mol. The number of aromatic hydroxyl groups is 1. The van der Waals surface area contributed by atoms with Crippen LogP contribution >= 0.6 is 15.9 Å². The van der Waals surface area contributed by atoms with E-state index in [2.05, 4.69) is 45.6 Å². The molecule has 3 N–H and O–H groups in total. The fourth-order valence-corrected chi connectivity index (χ4v) is 5.29. The molecule has 0 aliphatic heterocycles. The number of nitrogens with one attached hydrogen (secondary N) is 2. The Morgan fingerprint density at radius 1 is 1.09 bits per heavy atom. The van der Waals surface area contributed by atoms with Gasteiger partial charge in [-0.1, -0.05) is 15.9 Å². The van der Waals surface area contributed by atoms with E-state index < -0.39 is 0 Å². The van der Waals surface area contributed by atoms with Crippen LogP contribution in [0.15, 0.2) is 16.6 Å². The van der Waals surface area contributed by atoms with Gasteiger partial charge in [0.25, 0.3) is 0 Å². The number of rotatable bonds is 7. The molecule has 174 valence electrons. The predicted molar refractivity (Wildman–Crippen MR) is 132 cm³/mol. The number of aryl methyl sites for hydroxylation is 1. The molecule has 0 unspecified atom stereocenters. The minimum Gasteiger partial charge on any atom is -0.504 e. The Balaban J connectivity index is 1.33. The molecule has 0 radical (unpaired) electrons. The van der Waals surface area contributed by atoms with E-state index in [4.69, 9.17) is 14.7 Å². The number of hydrogen-bond acceptors (Lipinski definition) is 7. The first-order valence-electron chi connectivity index (χ1n) is 11.6. The summed E-state index contributed by atoms with van der Waals surface area (Å²) in [6.07, 6.45) is 8.88. The molecule has 7 nitrogen and oxygen atoms in total. The Bertz CT molecular complexity index is 944. The van der Waals surface area contributed by atoms with Crippen LogP contribution < -0.4 is 20.3 Å². The van der Waals surface area contributed by atoms with Crippen molar-refractivity contribution >= 4 is 27.7 Å². The minimum absolute atomic E-state index is 0.208. The third-order valence-electron chi connectivity index (χ3n) is 6.57. The number of halogens is 1. The number of aromatic nitrogens is 2. The fourth-order valence-electron chi connectivity index (χ4n) is 4.81. The monoisotopic (exact) mass is 503 g/mol. The number of methoxy groups -OCH3 is 1. The van der Waals surface area contributed by atoms with Crippen molar-refractivity contribution in [1.29, 1.82) is 0 Å². The van der Waals surface area contributed by atoms with Crippen LogP contribution in [0, 0.1) is 0 Å². The number of phenols is 1. The summed E-state index contributed by atoms with van der Waals surface area (Å²) in [5.41, 5.74) is 3.39. The number of phenolic OH excluding ortho intramolecular Hbond substituents is 1. The van der Waals surface area contributed by atoms with E-state index in [0.29, 0.717) is 24.4 Å². The molecule has 0 amide bonds. The summed E-state index contributed by atoms with van der Waals surface area (Å²) in [6, 6.07) is 4.54. The number of fused-ring (bicyclic) bond motifs is 1. The van der Waals surface area contributed by atoms with Gasteiger partial charge in [-0.15, -0.1) is 0 Å². The highest BCUT2D eigenvalue weighted by atomic mass is 79.9. The van der Waals surface area contributed by atoms with Gasteiger partial charge >= 0.3 is 0 Å². The first-order valence-corrected chi connectivity index (χ1v) is 12.4. The molecule has 32 heavy (non-hydrogen) atoms. The molecule has 8 heteroatoms. The van der Waals surface area contributed by atoms with E-state index in [-0.39, 0.29) is 5.75 Å². The number of nitrogens with zero attached hydrogens (tertiary/aromatic N) is 3. The van der Waals surface area contributed by atoms with Gasteiger partial charge < -0.3 is 25.4 Å². The second kappa shape index (κ2) is 10.3. The molecule has 1 aromatic carbocycles. The average Bonchev–Trinajstić information content (AvgIpc) is 2.79. The molecule has 2 aliphatic rings. The quantitative estimate of drug-likeness (QED) is 0.515. The van der Waals surface area contributed by atoms with E-state index in [1.165, 1.54) is 24.1 Å². The van der Waals surface area contributed by atoms with E-state index in [1.807, 2.05) is 6.07 Å². The zero-order valence-corrected chi connectivity index (χ0v) is 20.8. The first-order chi connectivity index (χ1) is 15.4. The van der Waals surface area contributed by atoms with Crippen LogP contribution in [0.4, 0.5) is 11.8 Å². The summed E-state index contributed by atoms with van der Waals surface area (Å²) in [5, 5.41) is 17.6. The Morgan fingerprint density at radius 2 is 1.81 bits per heavy atom. The molecule has 2 aliphatic carbocycles. The number of ether oxygens (including phenoxy) is 1. The summed E-state index contributed by atoms with van der Waals surface area (Å²) >= 11 is 3.49. The third kappa shape index (κ3) is 5.29. The van der Waals surface area contributed by atoms with Gasteiger partial charge in [-0.05, 0) is 63.5 Å². The van der Waals surface area contributed by atoms with E-state index in [1.54, 1.807) is 13.2 Å². The molecule has 0 saturated heterocycles. The van der Waals surface area contributed by atoms with Gasteiger partial charge in [0.15, 0.2) is 11.5 Å². The topological polar surface area (TPSA) is 82.5 Å².